The van der Waals surface area contributed by atoms with E-state index in [1.807, 2.05) is 0 Å². The van der Waals surface area contributed by atoms with Crippen LogP contribution in [0.2, 0.25) is 0 Å². The predicted octanol–water partition coefficient (Wildman–Crippen LogP) is 5.91. The monoisotopic (exact) mass is 304 g/mol. The van der Waals surface area contributed by atoms with Gasteiger partial charge in [-0.25, -0.2) is 0 Å². The van der Waals surface area contributed by atoms with E-state index in [2.05, 4.69) is 39.0 Å². The van der Waals surface area contributed by atoms with Crippen LogP contribution in [0.3, 0.4) is 0 Å². The summed E-state index contributed by atoms with van der Waals surface area (Å²) in [6.45, 7) is 8.43. The van der Waals surface area contributed by atoms with Crippen LogP contribution >= 0.6 is 0 Å². The lowest BCUT2D eigenvalue weighted by molar-refractivity contribution is -0.141. The number of carboxylic acids is 1. The molecule has 0 aromatic carbocycles. The fourth-order valence-electron chi connectivity index (χ4n) is 2.90. The van der Waals surface area contributed by atoms with Gasteiger partial charge in [-0.15, -0.1) is 0 Å². The van der Waals surface area contributed by atoms with E-state index >= 15 is 0 Å². The fourth-order valence-corrected chi connectivity index (χ4v) is 2.90. The first kappa shape index (κ1) is 18.7. The summed E-state index contributed by atoms with van der Waals surface area (Å²) >= 11 is 0. The first-order valence-electron chi connectivity index (χ1n) is 8.61. The molecule has 0 heterocycles. The third-order valence-electron chi connectivity index (χ3n) is 4.82. The van der Waals surface area contributed by atoms with E-state index in [9.17, 15) is 4.79 Å². The topological polar surface area (TPSA) is 37.3 Å². The summed E-state index contributed by atoms with van der Waals surface area (Å²) in [5.41, 5.74) is 4.43. The molecule has 2 heteroatoms. The van der Waals surface area contributed by atoms with Gasteiger partial charge in [0.25, 0.3) is 0 Å². The summed E-state index contributed by atoms with van der Waals surface area (Å²) < 4.78 is 0. The van der Waals surface area contributed by atoms with E-state index in [4.69, 9.17) is 5.11 Å². The van der Waals surface area contributed by atoms with Crippen LogP contribution in [0.25, 0.3) is 0 Å². The fraction of sp³-hybridized carbons (Fsp3) is 0.650. The molecule has 0 amide bonds. The molecule has 0 aromatic rings. The molecule has 2 nitrogen and oxygen atoms in total. The molecule has 2 unspecified atom stereocenters. The number of allylic oxidation sites excluding steroid dienone is 6. The second-order valence-electron chi connectivity index (χ2n) is 6.89. The lowest BCUT2D eigenvalue weighted by Crippen LogP contribution is -2.08. The quantitative estimate of drug-likeness (QED) is 0.566. The molecule has 1 aliphatic carbocycles. The summed E-state index contributed by atoms with van der Waals surface area (Å²) in [6, 6.07) is 0. The van der Waals surface area contributed by atoms with E-state index in [-0.39, 0.29) is 5.92 Å². The highest BCUT2D eigenvalue weighted by molar-refractivity contribution is 5.69. The lowest BCUT2D eigenvalue weighted by Gasteiger charge is -2.21. The van der Waals surface area contributed by atoms with Crippen LogP contribution in [0.15, 0.2) is 34.9 Å². The van der Waals surface area contributed by atoms with E-state index in [0.29, 0.717) is 0 Å². The molecular formula is C20H32O2. The number of carbonyl (C=O) groups is 1. The summed E-state index contributed by atoms with van der Waals surface area (Å²) in [5, 5.41) is 8.86. The van der Waals surface area contributed by atoms with Crippen molar-refractivity contribution in [3.63, 3.8) is 0 Å². The summed E-state index contributed by atoms with van der Waals surface area (Å²) in [4.78, 5) is 10.8. The molecule has 2 atom stereocenters. The Balaban J connectivity index is 2.31. The second kappa shape index (κ2) is 9.66. The minimum atomic E-state index is -0.683. The smallest absolute Gasteiger partial charge is 0.306 e. The van der Waals surface area contributed by atoms with Crippen molar-refractivity contribution in [3.8, 4) is 0 Å². The molecular weight excluding hydrogens is 272 g/mol. The molecule has 0 saturated heterocycles. The van der Waals surface area contributed by atoms with Gasteiger partial charge in [-0.2, -0.15) is 0 Å². The molecule has 1 rings (SSSR count). The number of aliphatic carboxylic acids is 1. The third-order valence-corrected chi connectivity index (χ3v) is 4.82. The molecule has 0 bridgehead atoms. The van der Waals surface area contributed by atoms with Crippen LogP contribution in [0.5, 0.6) is 0 Å². The van der Waals surface area contributed by atoms with E-state index in [1.165, 1.54) is 36.0 Å². The molecule has 124 valence electrons. The van der Waals surface area contributed by atoms with Crippen molar-refractivity contribution in [1.29, 1.82) is 0 Å². The first-order valence-corrected chi connectivity index (χ1v) is 8.61. The van der Waals surface area contributed by atoms with E-state index < -0.39 is 5.97 Å². The highest BCUT2D eigenvalue weighted by Crippen LogP contribution is 2.29. The maximum atomic E-state index is 10.8. The number of hydrogen-bond acceptors (Lipinski definition) is 1. The summed E-state index contributed by atoms with van der Waals surface area (Å²) in [7, 11) is 0. The van der Waals surface area contributed by atoms with Crippen molar-refractivity contribution in [1.82, 2.24) is 0 Å². The minimum absolute atomic E-state index is 0.224. The maximum absolute atomic E-state index is 10.8. The van der Waals surface area contributed by atoms with Crippen molar-refractivity contribution >= 4 is 5.97 Å². The number of hydrogen-bond donors (Lipinski definition) is 1. The summed E-state index contributed by atoms with van der Waals surface area (Å²) in [5.74, 6) is -0.177. The van der Waals surface area contributed by atoms with Crippen LogP contribution < -0.4 is 0 Å². The third kappa shape index (κ3) is 7.11. The Bertz CT molecular complexity index is 454. The molecule has 0 aromatic heterocycles. The Morgan fingerprint density at radius 1 is 1.41 bits per heavy atom. The van der Waals surface area contributed by atoms with E-state index in [1.54, 1.807) is 6.92 Å². The SMILES string of the molecule is CC(=CCC=C(C)C1CC=C(C)CC1)CCCC(C)C(=O)O. The molecule has 1 N–H and O–H groups in total. The minimum Gasteiger partial charge on any atom is -0.481 e. The van der Waals surface area contributed by atoms with Gasteiger partial charge in [0.15, 0.2) is 0 Å². The number of rotatable bonds is 8. The lowest BCUT2D eigenvalue weighted by atomic mass is 9.85. The van der Waals surface area contributed by atoms with Gasteiger partial charge >= 0.3 is 5.97 Å². The zero-order valence-corrected chi connectivity index (χ0v) is 14.7. The van der Waals surface area contributed by atoms with Crippen molar-refractivity contribution < 1.29 is 9.90 Å². The Morgan fingerprint density at radius 3 is 2.73 bits per heavy atom. The van der Waals surface area contributed by atoms with Crippen LogP contribution in [0, 0.1) is 11.8 Å². The number of carboxylic acid groups (broad SMARTS) is 1. The van der Waals surface area contributed by atoms with Gasteiger partial charge in [-0.3, -0.25) is 4.79 Å². The molecule has 0 radical (unpaired) electrons. The van der Waals surface area contributed by atoms with Crippen molar-refractivity contribution in [2.45, 2.75) is 72.6 Å². The Kier molecular flexibility index (Phi) is 8.22. The van der Waals surface area contributed by atoms with Gasteiger partial charge in [-0.05, 0) is 71.6 Å². The first-order chi connectivity index (χ1) is 10.4. The largest absolute Gasteiger partial charge is 0.481 e. The van der Waals surface area contributed by atoms with Crippen molar-refractivity contribution in [3.05, 3.63) is 34.9 Å². The van der Waals surface area contributed by atoms with Gasteiger partial charge in [-0.1, -0.05) is 41.9 Å². The second-order valence-corrected chi connectivity index (χ2v) is 6.89. The normalized spacial score (nSPS) is 21.5. The van der Waals surface area contributed by atoms with Crippen LogP contribution in [0.4, 0.5) is 0 Å². The Labute approximate surface area is 136 Å². The molecule has 1 aliphatic rings. The van der Waals surface area contributed by atoms with Crippen LogP contribution in [0.1, 0.15) is 72.6 Å². The standard InChI is InChI=1S/C20H32O2/c1-15(8-6-10-18(4)20(21)22)7-5-9-17(3)19-13-11-16(2)12-14-19/h7,9,11,18-19H,5-6,8,10,12-14H2,1-4H3,(H,21,22). The Hall–Kier alpha value is -1.31. The van der Waals surface area contributed by atoms with Gasteiger partial charge in [0.2, 0.25) is 0 Å². The maximum Gasteiger partial charge on any atom is 0.306 e. The molecule has 0 fully saturated rings. The molecule has 22 heavy (non-hydrogen) atoms. The summed E-state index contributed by atoms with van der Waals surface area (Å²) in [6.07, 6.45) is 14.5. The van der Waals surface area contributed by atoms with Crippen molar-refractivity contribution in [2.24, 2.45) is 11.8 Å². The highest BCUT2D eigenvalue weighted by Gasteiger charge is 2.13. The average Bonchev–Trinajstić information content (AvgIpc) is 2.47. The molecule has 0 aliphatic heterocycles. The highest BCUT2D eigenvalue weighted by atomic mass is 16.4. The van der Waals surface area contributed by atoms with Gasteiger partial charge < -0.3 is 5.11 Å². The molecule has 0 saturated carbocycles. The zero-order chi connectivity index (χ0) is 16.5. The van der Waals surface area contributed by atoms with Crippen molar-refractivity contribution in [2.75, 3.05) is 0 Å². The molecule has 0 spiro atoms. The Morgan fingerprint density at radius 2 is 2.14 bits per heavy atom. The van der Waals surface area contributed by atoms with Crippen LogP contribution in [-0.2, 0) is 4.79 Å². The van der Waals surface area contributed by atoms with Gasteiger partial charge in [0.05, 0.1) is 5.92 Å². The average molecular weight is 304 g/mol. The zero-order valence-electron chi connectivity index (χ0n) is 14.7. The van der Waals surface area contributed by atoms with E-state index in [0.717, 1.165) is 31.6 Å². The van der Waals surface area contributed by atoms with Gasteiger partial charge in [0, 0.05) is 0 Å². The van der Waals surface area contributed by atoms with Crippen LogP contribution in [-0.4, -0.2) is 11.1 Å². The van der Waals surface area contributed by atoms with Gasteiger partial charge in [0.1, 0.15) is 0 Å². The predicted molar refractivity (Wildman–Crippen MR) is 93.9 cm³/mol.